The van der Waals surface area contributed by atoms with Crippen molar-refractivity contribution in [3.63, 3.8) is 0 Å². The lowest BCUT2D eigenvalue weighted by molar-refractivity contribution is 0.465. The molecule has 2 rings (SSSR count). The third-order valence-electron chi connectivity index (χ3n) is 2.29. The number of furan rings is 1. The molecule has 1 heterocycles. The SMILES string of the molecule is CC.Cc1c(O)cc(F)c2oc(N)c(C#N)c12. The van der Waals surface area contributed by atoms with E-state index in [0.29, 0.717) is 5.56 Å². The van der Waals surface area contributed by atoms with Gasteiger partial charge in [0.1, 0.15) is 17.4 Å². The summed E-state index contributed by atoms with van der Waals surface area (Å²) in [6.07, 6.45) is 0. The number of anilines is 1. The highest BCUT2D eigenvalue weighted by atomic mass is 19.1. The topological polar surface area (TPSA) is 83.2 Å². The zero-order valence-corrected chi connectivity index (χ0v) is 9.84. The monoisotopic (exact) mass is 236 g/mol. The Labute approximate surface area is 98.1 Å². The Balaban J connectivity index is 0.000000686. The van der Waals surface area contributed by atoms with E-state index in [1.807, 2.05) is 19.9 Å². The Bertz CT molecular complexity index is 597. The molecule has 0 unspecified atom stereocenters. The van der Waals surface area contributed by atoms with Crippen molar-refractivity contribution < 1.29 is 13.9 Å². The first-order valence-electron chi connectivity index (χ1n) is 5.16. The van der Waals surface area contributed by atoms with Crippen LogP contribution in [0, 0.1) is 24.1 Å². The molecule has 0 aliphatic rings. The van der Waals surface area contributed by atoms with Crippen LogP contribution in [0.4, 0.5) is 10.3 Å². The van der Waals surface area contributed by atoms with E-state index in [0.717, 1.165) is 6.07 Å². The smallest absolute Gasteiger partial charge is 0.209 e. The van der Waals surface area contributed by atoms with Crippen molar-refractivity contribution in [2.24, 2.45) is 0 Å². The maximum Gasteiger partial charge on any atom is 0.209 e. The number of hydrogen-bond acceptors (Lipinski definition) is 4. The van der Waals surface area contributed by atoms with Crippen LogP contribution in [0.5, 0.6) is 5.75 Å². The maximum absolute atomic E-state index is 13.3. The summed E-state index contributed by atoms with van der Waals surface area (Å²) in [4.78, 5) is 0. The fourth-order valence-electron chi connectivity index (χ4n) is 1.51. The van der Waals surface area contributed by atoms with E-state index < -0.39 is 5.82 Å². The molecular formula is C12H13FN2O2. The zero-order chi connectivity index (χ0) is 13.2. The molecule has 1 aromatic carbocycles. The van der Waals surface area contributed by atoms with Gasteiger partial charge in [-0.3, -0.25) is 0 Å². The lowest BCUT2D eigenvalue weighted by atomic mass is 10.1. The number of nitriles is 1. The summed E-state index contributed by atoms with van der Waals surface area (Å²) < 4.78 is 18.3. The molecule has 0 saturated carbocycles. The van der Waals surface area contributed by atoms with Gasteiger partial charge in [0.2, 0.25) is 5.88 Å². The van der Waals surface area contributed by atoms with Gasteiger partial charge >= 0.3 is 0 Å². The Hall–Kier alpha value is -2.22. The zero-order valence-electron chi connectivity index (χ0n) is 9.84. The molecule has 0 fully saturated rings. The molecule has 2 aromatic rings. The van der Waals surface area contributed by atoms with Gasteiger partial charge in [-0.15, -0.1) is 0 Å². The van der Waals surface area contributed by atoms with Crippen LogP contribution in [0.1, 0.15) is 25.0 Å². The minimum atomic E-state index is -0.735. The molecule has 0 aliphatic carbocycles. The van der Waals surface area contributed by atoms with Crippen LogP contribution in [-0.2, 0) is 0 Å². The predicted octanol–water partition coefficient (Wildman–Crippen LogP) is 3.07. The molecule has 0 atom stereocenters. The van der Waals surface area contributed by atoms with Gasteiger partial charge in [-0.1, -0.05) is 13.8 Å². The van der Waals surface area contributed by atoms with Crippen molar-refractivity contribution in [2.75, 3.05) is 5.73 Å². The number of benzene rings is 1. The second kappa shape index (κ2) is 4.74. The van der Waals surface area contributed by atoms with Crippen LogP contribution in [0.15, 0.2) is 10.5 Å². The number of phenols is 1. The van der Waals surface area contributed by atoms with E-state index in [1.165, 1.54) is 0 Å². The molecule has 17 heavy (non-hydrogen) atoms. The van der Waals surface area contributed by atoms with Crippen LogP contribution in [0.2, 0.25) is 0 Å². The number of aromatic hydroxyl groups is 1. The van der Waals surface area contributed by atoms with Crippen molar-refractivity contribution in [3.8, 4) is 11.8 Å². The van der Waals surface area contributed by atoms with Gasteiger partial charge in [-0.05, 0) is 6.92 Å². The summed E-state index contributed by atoms with van der Waals surface area (Å²) in [7, 11) is 0. The highest BCUT2D eigenvalue weighted by Gasteiger charge is 2.19. The number of halogens is 1. The number of nitrogens with zero attached hydrogens (tertiary/aromatic N) is 1. The summed E-state index contributed by atoms with van der Waals surface area (Å²) in [6.45, 7) is 5.56. The van der Waals surface area contributed by atoms with Gasteiger partial charge in [0.15, 0.2) is 11.4 Å². The Kier molecular flexibility index (Phi) is 3.59. The van der Waals surface area contributed by atoms with Crippen molar-refractivity contribution >= 4 is 16.9 Å². The van der Waals surface area contributed by atoms with E-state index in [2.05, 4.69) is 0 Å². The predicted molar refractivity (Wildman–Crippen MR) is 63.0 cm³/mol. The van der Waals surface area contributed by atoms with Gasteiger partial charge in [0, 0.05) is 11.6 Å². The van der Waals surface area contributed by atoms with Crippen LogP contribution in [0.25, 0.3) is 11.0 Å². The molecule has 4 nitrogen and oxygen atoms in total. The Morgan fingerprint density at radius 1 is 1.47 bits per heavy atom. The Morgan fingerprint density at radius 2 is 2.06 bits per heavy atom. The summed E-state index contributed by atoms with van der Waals surface area (Å²) in [5, 5.41) is 18.4. The average Bonchev–Trinajstić information content (AvgIpc) is 2.66. The second-order valence-corrected chi connectivity index (χ2v) is 3.16. The molecule has 0 saturated heterocycles. The molecule has 1 aromatic heterocycles. The number of fused-ring (bicyclic) bond motifs is 1. The normalized spacial score (nSPS) is 9.59. The van der Waals surface area contributed by atoms with Gasteiger partial charge in [0.05, 0.1) is 5.39 Å². The Morgan fingerprint density at radius 3 is 2.59 bits per heavy atom. The fourth-order valence-corrected chi connectivity index (χ4v) is 1.51. The first-order valence-corrected chi connectivity index (χ1v) is 5.16. The standard InChI is InChI=1S/C10H7FN2O2.C2H6/c1-4-7(14)2-6(11)9-8(4)5(3-12)10(13)15-9;1-2/h2,14H,13H2,1H3;1-2H3. The van der Waals surface area contributed by atoms with Crippen LogP contribution >= 0.6 is 0 Å². The number of nitrogens with two attached hydrogens (primary N) is 1. The van der Waals surface area contributed by atoms with E-state index in [4.69, 9.17) is 15.4 Å². The first-order chi connectivity index (χ1) is 8.06. The van der Waals surface area contributed by atoms with Crippen molar-refractivity contribution in [1.29, 1.82) is 5.26 Å². The van der Waals surface area contributed by atoms with Crippen LogP contribution in [0.3, 0.4) is 0 Å². The minimum absolute atomic E-state index is 0.0531. The molecule has 0 spiro atoms. The summed E-state index contributed by atoms with van der Waals surface area (Å²) >= 11 is 0. The third kappa shape index (κ3) is 1.89. The lowest BCUT2D eigenvalue weighted by Gasteiger charge is -2.00. The van der Waals surface area contributed by atoms with E-state index in [9.17, 15) is 9.50 Å². The molecule has 0 aliphatic heterocycles. The van der Waals surface area contributed by atoms with Gasteiger partial charge in [-0.2, -0.15) is 5.26 Å². The molecule has 3 N–H and O–H groups in total. The number of aryl methyl sites for hydroxylation is 1. The first kappa shape index (κ1) is 12.8. The quantitative estimate of drug-likeness (QED) is 0.736. The van der Waals surface area contributed by atoms with Crippen molar-refractivity contribution in [2.45, 2.75) is 20.8 Å². The van der Waals surface area contributed by atoms with Gasteiger partial charge < -0.3 is 15.3 Å². The molecule has 0 radical (unpaired) electrons. The van der Waals surface area contributed by atoms with Crippen LogP contribution < -0.4 is 5.73 Å². The van der Waals surface area contributed by atoms with E-state index >= 15 is 0 Å². The second-order valence-electron chi connectivity index (χ2n) is 3.16. The molecule has 0 amide bonds. The molecule has 0 bridgehead atoms. The highest BCUT2D eigenvalue weighted by molar-refractivity contribution is 5.93. The van der Waals surface area contributed by atoms with Gasteiger partial charge in [-0.25, -0.2) is 4.39 Å². The number of hydrogen-bond donors (Lipinski definition) is 2. The van der Waals surface area contributed by atoms with Crippen LogP contribution in [-0.4, -0.2) is 5.11 Å². The van der Waals surface area contributed by atoms with E-state index in [-0.39, 0.29) is 28.2 Å². The summed E-state index contributed by atoms with van der Waals surface area (Å²) in [5.41, 5.74) is 5.75. The van der Waals surface area contributed by atoms with Gasteiger partial charge in [0.25, 0.3) is 0 Å². The summed E-state index contributed by atoms with van der Waals surface area (Å²) in [6, 6.07) is 2.75. The van der Waals surface area contributed by atoms with Crippen molar-refractivity contribution in [1.82, 2.24) is 0 Å². The average molecular weight is 236 g/mol. The molecule has 90 valence electrons. The highest BCUT2D eigenvalue weighted by Crippen LogP contribution is 2.35. The molecular weight excluding hydrogens is 223 g/mol. The maximum atomic E-state index is 13.3. The lowest BCUT2D eigenvalue weighted by Crippen LogP contribution is -1.85. The number of rotatable bonds is 0. The van der Waals surface area contributed by atoms with Crippen molar-refractivity contribution in [3.05, 3.63) is 23.0 Å². The number of phenolic OH excluding ortho intramolecular Hbond substituents is 1. The minimum Gasteiger partial charge on any atom is -0.508 e. The largest absolute Gasteiger partial charge is 0.508 e. The third-order valence-corrected chi connectivity index (χ3v) is 2.29. The molecule has 5 heteroatoms. The number of nitrogen functional groups attached to an aromatic ring is 1. The summed E-state index contributed by atoms with van der Waals surface area (Å²) in [5.74, 6) is -1.10. The fraction of sp³-hybridized carbons (Fsp3) is 0.250. The van der Waals surface area contributed by atoms with E-state index in [1.54, 1.807) is 6.92 Å².